The lowest BCUT2D eigenvalue weighted by molar-refractivity contribution is 1.28. The van der Waals surface area contributed by atoms with Gasteiger partial charge in [0.15, 0.2) is 0 Å². The second-order valence-corrected chi connectivity index (χ2v) is 6.20. The molecule has 1 aromatic heterocycles. The highest BCUT2D eigenvalue weighted by Gasteiger charge is 2.20. The highest BCUT2D eigenvalue weighted by Crippen LogP contribution is 2.38. The topological polar surface area (TPSA) is 40.7 Å². The number of nitrogens with one attached hydrogen (secondary N) is 2. The molecule has 2 N–H and O–H groups in total. The molecule has 3 nitrogen and oxygen atoms in total. The van der Waals surface area contributed by atoms with Crippen LogP contribution < -0.4 is 5.32 Å². The van der Waals surface area contributed by atoms with Crippen molar-refractivity contribution in [2.45, 2.75) is 13.8 Å². The Labute approximate surface area is 141 Å². The first-order valence-electron chi connectivity index (χ1n) is 8.02. The van der Waals surface area contributed by atoms with Crippen LogP contribution >= 0.6 is 0 Å². The molecule has 4 rings (SSSR count). The first kappa shape index (κ1) is 14.5. The normalized spacial score (nSPS) is 13.2. The van der Waals surface area contributed by atoms with E-state index >= 15 is 0 Å². The summed E-state index contributed by atoms with van der Waals surface area (Å²) < 4.78 is 0. The molecule has 0 saturated heterocycles. The third-order valence-electron chi connectivity index (χ3n) is 4.37. The number of aromatic amines is 1. The molecule has 0 unspecified atom stereocenters. The molecule has 1 aliphatic heterocycles. The molecular weight excluding hydrogens is 294 g/mol. The average Bonchev–Trinajstić information content (AvgIpc) is 3.05. The van der Waals surface area contributed by atoms with Gasteiger partial charge in [-0.25, -0.2) is 4.98 Å². The first-order chi connectivity index (χ1) is 11.6. The molecule has 24 heavy (non-hydrogen) atoms. The molecular formula is C21H19N3. The number of fused-ring (bicyclic) bond motifs is 1. The average molecular weight is 313 g/mol. The van der Waals surface area contributed by atoms with E-state index in [4.69, 9.17) is 0 Å². The van der Waals surface area contributed by atoms with Crippen molar-refractivity contribution < 1.29 is 0 Å². The Morgan fingerprint density at radius 3 is 2.62 bits per heavy atom. The molecule has 0 fully saturated rings. The van der Waals surface area contributed by atoms with Crippen molar-refractivity contribution >= 4 is 17.3 Å². The number of hydrogen-bond donors (Lipinski definition) is 2. The number of nitrogens with zero attached hydrogens (tertiary/aromatic N) is 1. The van der Waals surface area contributed by atoms with Crippen molar-refractivity contribution in [3.8, 4) is 11.3 Å². The molecule has 0 amide bonds. The van der Waals surface area contributed by atoms with Crippen LogP contribution in [0.3, 0.4) is 0 Å². The van der Waals surface area contributed by atoms with E-state index in [2.05, 4.69) is 66.1 Å². The second kappa shape index (κ2) is 5.53. The smallest absolute Gasteiger partial charge is 0.0961 e. The number of benzene rings is 2. The van der Waals surface area contributed by atoms with Crippen LogP contribution in [0.4, 0.5) is 5.69 Å². The number of imidazole rings is 1. The van der Waals surface area contributed by atoms with Crippen molar-refractivity contribution in [3.05, 3.63) is 83.5 Å². The monoisotopic (exact) mass is 313 g/mol. The molecule has 0 bridgehead atoms. The molecule has 3 heteroatoms. The Morgan fingerprint density at radius 1 is 1.04 bits per heavy atom. The Bertz CT molecular complexity index is 962. The number of aromatic nitrogens is 2. The molecule has 0 radical (unpaired) electrons. The summed E-state index contributed by atoms with van der Waals surface area (Å²) >= 11 is 0. The van der Waals surface area contributed by atoms with E-state index in [-0.39, 0.29) is 0 Å². The summed E-state index contributed by atoms with van der Waals surface area (Å²) in [6, 6.07) is 14.6. The summed E-state index contributed by atoms with van der Waals surface area (Å²) in [6.45, 7) is 8.46. The van der Waals surface area contributed by atoms with E-state index in [1.54, 1.807) is 6.33 Å². The summed E-state index contributed by atoms with van der Waals surface area (Å²) in [5, 5.41) is 3.46. The zero-order valence-electron chi connectivity index (χ0n) is 13.9. The van der Waals surface area contributed by atoms with Crippen LogP contribution in [0.2, 0.25) is 0 Å². The second-order valence-electron chi connectivity index (χ2n) is 6.20. The number of H-pyrrole nitrogens is 1. The van der Waals surface area contributed by atoms with Crippen LogP contribution in [0.1, 0.15) is 22.4 Å². The van der Waals surface area contributed by atoms with Crippen LogP contribution in [0.25, 0.3) is 22.9 Å². The van der Waals surface area contributed by atoms with E-state index in [0.717, 1.165) is 33.9 Å². The summed E-state index contributed by atoms with van der Waals surface area (Å²) in [4.78, 5) is 7.81. The number of anilines is 1. The van der Waals surface area contributed by atoms with E-state index in [1.165, 1.54) is 16.7 Å². The maximum atomic E-state index is 4.52. The fourth-order valence-electron chi connectivity index (χ4n) is 3.28. The van der Waals surface area contributed by atoms with Gasteiger partial charge in [-0.15, -0.1) is 0 Å². The largest absolute Gasteiger partial charge is 0.355 e. The summed E-state index contributed by atoms with van der Waals surface area (Å²) in [5.74, 6) is 0. The summed E-state index contributed by atoms with van der Waals surface area (Å²) in [6.07, 6.45) is 3.93. The summed E-state index contributed by atoms with van der Waals surface area (Å²) in [5.41, 5.74) is 9.76. The zero-order chi connectivity index (χ0) is 16.7. The van der Waals surface area contributed by atoms with Gasteiger partial charge in [-0.2, -0.15) is 0 Å². The van der Waals surface area contributed by atoms with Gasteiger partial charge in [0.1, 0.15) is 0 Å². The van der Waals surface area contributed by atoms with Gasteiger partial charge in [0.2, 0.25) is 0 Å². The number of aryl methyl sites for hydroxylation is 2. The zero-order valence-corrected chi connectivity index (χ0v) is 13.9. The molecule has 0 aliphatic carbocycles. The lowest BCUT2D eigenvalue weighted by atomic mass is 9.94. The van der Waals surface area contributed by atoms with Gasteiger partial charge in [0.05, 0.1) is 17.7 Å². The van der Waals surface area contributed by atoms with Crippen molar-refractivity contribution in [2.75, 3.05) is 5.32 Å². The molecule has 0 spiro atoms. The molecule has 118 valence electrons. The Morgan fingerprint density at radius 2 is 1.83 bits per heavy atom. The Balaban J connectivity index is 1.87. The third-order valence-corrected chi connectivity index (χ3v) is 4.37. The van der Waals surface area contributed by atoms with Crippen LogP contribution in [0, 0.1) is 13.8 Å². The number of hydrogen-bond acceptors (Lipinski definition) is 2. The molecule has 0 saturated carbocycles. The van der Waals surface area contributed by atoms with Gasteiger partial charge in [-0.05, 0) is 37.1 Å². The quantitative estimate of drug-likeness (QED) is 0.685. The van der Waals surface area contributed by atoms with Gasteiger partial charge in [-0.1, -0.05) is 48.5 Å². The molecule has 1 aliphatic rings. The van der Waals surface area contributed by atoms with Crippen LogP contribution in [0.5, 0.6) is 0 Å². The third kappa shape index (κ3) is 2.35. The maximum Gasteiger partial charge on any atom is 0.0961 e. The van der Waals surface area contributed by atoms with Crippen LogP contribution in [0.15, 0.2) is 61.1 Å². The van der Waals surface area contributed by atoms with Gasteiger partial charge < -0.3 is 10.3 Å². The molecule has 2 aromatic carbocycles. The molecule has 0 atom stereocenters. The van der Waals surface area contributed by atoms with Crippen molar-refractivity contribution in [3.63, 3.8) is 0 Å². The SMILES string of the molecule is C=C1Nc2c(C)cc(C)cc2C=C1c1[nH]cnc1-c1ccccc1. The minimum atomic E-state index is 0.885. The van der Waals surface area contributed by atoms with Crippen molar-refractivity contribution in [1.82, 2.24) is 9.97 Å². The summed E-state index contributed by atoms with van der Waals surface area (Å²) in [7, 11) is 0. The number of allylic oxidation sites excluding steroid dienone is 1. The van der Waals surface area contributed by atoms with Crippen molar-refractivity contribution in [1.29, 1.82) is 0 Å². The van der Waals surface area contributed by atoms with Gasteiger partial charge in [0.25, 0.3) is 0 Å². The maximum absolute atomic E-state index is 4.52. The lowest BCUT2D eigenvalue weighted by Crippen LogP contribution is -2.09. The van der Waals surface area contributed by atoms with Crippen LogP contribution in [-0.4, -0.2) is 9.97 Å². The first-order valence-corrected chi connectivity index (χ1v) is 8.02. The highest BCUT2D eigenvalue weighted by atomic mass is 14.9. The van der Waals surface area contributed by atoms with Gasteiger partial charge in [0, 0.05) is 22.5 Å². The van der Waals surface area contributed by atoms with Gasteiger partial charge >= 0.3 is 0 Å². The van der Waals surface area contributed by atoms with E-state index in [9.17, 15) is 0 Å². The predicted octanol–water partition coefficient (Wildman–Crippen LogP) is 5.17. The predicted molar refractivity (Wildman–Crippen MR) is 101 cm³/mol. The molecule has 2 heterocycles. The minimum absolute atomic E-state index is 0.885. The van der Waals surface area contributed by atoms with Crippen LogP contribution in [-0.2, 0) is 0 Å². The highest BCUT2D eigenvalue weighted by molar-refractivity contribution is 6.00. The molecule has 3 aromatic rings. The van der Waals surface area contributed by atoms with E-state index < -0.39 is 0 Å². The standard InChI is InChI=1S/C21H19N3/c1-13-9-14(2)19-17(10-13)11-18(15(3)24-19)21-20(22-12-23-21)16-7-5-4-6-8-16/h4-12,24H,3H2,1-2H3,(H,22,23). The van der Waals surface area contributed by atoms with E-state index in [1.807, 2.05) is 18.2 Å². The fraction of sp³-hybridized carbons (Fsp3) is 0.0952. The number of rotatable bonds is 2. The Kier molecular flexibility index (Phi) is 3.35. The Hall–Kier alpha value is -3.07. The lowest BCUT2D eigenvalue weighted by Gasteiger charge is -2.23. The fourth-order valence-corrected chi connectivity index (χ4v) is 3.28. The van der Waals surface area contributed by atoms with Gasteiger partial charge in [-0.3, -0.25) is 0 Å². The minimum Gasteiger partial charge on any atom is -0.355 e. The van der Waals surface area contributed by atoms with Crippen molar-refractivity contribution in [2.24, 2.45) is 0 Å². The van der Waals surface area contributed by atoms with E-state index in [0.29, 0.717) is 0 Å².